The Hall–Kier alpha value is -1.95. The summed E-state index contributed by atoms with van der Waals surface area (Å²) in [4.78, 5) is 2.41. The van der Waals surface area contributed by atoms with Gasteiger partial charge < -0.3 is 15.4 Å². The predicted octanol–water partition coefficient (Wildman–Crippen LogP) is 3.33. The maximum atomic E-state index is 5.38. The first-order valence-corrected chi connectivity index (χ1v) is 8.22. The van der Waals surface area contributed by atoms with Crippen LogP contribution in [0.3, 0.4) is 0 Å². The summed E-state index contributed by atoms with van der Waals surface area (Å²) in [6.45, 7) is 4.64. The van der Waals surface area contributed by atoms with Gasteiger partial charge in [0.2, 0.25) is 0 Å². The third-order valence-corrected chi connectivity index (χ3v) is 3.96. The van der Waals surface area contributed by atoms with Gasteiger partial charge in [-0.2, -0.15) is 0 Å². The molecule has 1 fully saturated rings. The zero-order valence-corrected chi connectivity index (χ0v) is 13.8. The van der Waals surface area contributed by atoms with Gasteiger partial charge in [0.25, 0.3) is 0 Å². The van der Waals surface area contributed by atoms with E-state index in [0.29, 0.717) is 5.11 Å². The second kappa shape index (κ2) is 8.06. The molecule has 4 nitrogen and oxygen atoms in total. The van der Waals surface area contributed by atoms with E-state index in [4.69, 9.17) is 17.0 Å². The van der Waals surface area contributed by atoms with Crippen molar-refractivity contribution >= 4 is 28.7 Å². The molecule has 0 spiro atoms. The average Bonchev–Trinajstić information content (AvgIpc) is 2.58. The molecular weight excluding hydrogens is 306 g/mol. The van der Waals surface area contributed by atoms with Crippen LogP contribution in [0, 0.1) is 0 Å². The maximum Gasteiger partial charge on any atom is 0.175 e. The number of rotatable bonds is 4. The van der Waals surface area contributed by atoms with Gasteiger partial charge in [0.15, 0.2) is 5.11 Å². The van der Waals surface area contributed by atoms with Crippen molar-refractivity contribution in [1.29, 1.82) is 0 Å². The van der Waals surface area contributed by atoms with Crippen LogP contribution in [-0.2, 0) is 11.3 Å². The molecule has 2 aromatic rings. The molecule has 3 rings (SSSR count). The van der Waals surface area contributed by atoms with E-state index < -0.39 is 0 Å². The Morgan fingerprint density at radius 3 is 2.17 bits per heavy atom. The topological polar surface area (TPSA) is 36.5 Å². The number of nitrogens with zero attached hydrogens (tertiary/aromatic N) is 1. The zero-order chi connectivity index (χ0) is 15.9. The highest BCUT2D eigenvalue weighted by Gasteiger charge is 2.10. The van der Waals surface area contributed by atoms with Crippen molar-refractivity contribution in [2.45, 2.75) is 6.54 Å². The van der Waals surface area contributed by atoms with Crippen LogP contribution in [0.25, 0.3) is 0 Å². The van der Waals surface area contributed by atoms with Crippen molar-refractivity contribution in [3.05, 3.63) is 60.2 Å². The summed E-state index contributed by atoms with van der Waals surface area (Å²) in [5.41, 5.74) is 3.28. The minimum Gasteiger partial charge on any atom is -0.379 e. The fraction of sp³-hybridized carbons (Fsp3) is 0.278. The highest BCUT2D eigenvalue weighted by Crippen LogP contribution is 2.13. The van der Waals surface area contributed by atoms with Gasteiger partial charge in [0, 0.05) is 31.0 Å². The van der Waals surface area contributed by atoms with E-state index in [0.717, 1.165) is 44.2 Å². The molecule has 1 aliphatic heterocycles. The standard InChI is InChI=1S/C18H21N3OS/c23-18(19-16-4-2-1-3-5-16)20-17-8-6-15(7-9-17)14-21-10-12-22-13-11-21/h1-9H,10-14H2,(H2,19,20,23). The summed E-state index contributed by atoms with van der Waals surface area (Å²) >= 11 is 5.34. The molecule has 0 aromatic heterocycles. The summed E-state index contributed by atoms with van der Waals surface area (Å²) in [7, 11) is 0. The molecule has 0 aliphatic carbocycles. The molecule has 0 radical (unpaired) electrons. The minimum absolute atomic E-state index is 0.595. The van der Waals surface area contributed by atoms with E-state index in [-0.39, 0.29) is 0 Å². The molecule has 2 aromatic carbocycles. The molecule has 0 unspecified atom stereocenters. The van der Waals surface area contributed by atoms with Gasteiger partial charge in [-0.05, 0) is 42.0 Å². The molecule has 0 amide bonds. The van der Waals surface area contributed by atoms with Crippen LogP contribution in [0.1, 0.15) is 5.56 Å². The van der Waals surface area contributed by atoms with Crippen LogP contribution >= 0.6 is 12.2 Å². The number of hydrogen-bond acceptors (Lipinski definition) is 3. The summed E-state index contributed by atoms with van der Waals surface area (Å²) in [6.07, 6.45) is 0. The van der Waals surface area contributed by atoms with Crippen molar-refractivity contribution in [3.8, 4) is 0 Å². The van der Waals surface area contributed by atoms with Gasteiger partial charge >= 0.3 is 0 Å². The second-order valence-electron chi connectivity index (χ2n) is 5.53. The Kier molecular flexibility index (Phi) is 5.58. The number of morpholine rings is 1. The predicted molar refractivity (Wildman–Crippen MR) is 98.8 cm³/mol. The summed E-state index contributed by atoms with van der Waals surface area (Å²) in [5.74, 6) is 0. The third-order valence-electron chi connectivity index (χ3n) is 3.75. The van der Waals surface area contributed by atoms with E-state index in [1.165, 1.54) is 5.56 Å². The summed E-state index contributed by atoms with van der Waals surface area (Å²) in [5, 5.41) is 6.97. The molecule has 1 heterocycles. The Bertz CT molecular complexity index is 624. The Morgan fingerprint density at radius 2 is 1.52 bits per heavy atom. The molecule has 1 aliphatic rings. The number of para-hydroxylation sites is 1. The maximum absolute atomic E-state index is 5.38. The smallest absolute Gasteiger partial charge is 0.175 e. The summed E-state index contributed by atoms with van der Waals surface area (Å²) < 4.78 is 5.38. The highest BCUT2D eigenvalue weighted by atomic mass is 32.1. The van der Waals surface area contributed by atoms with Gasteiger partial charge in [-0.3, -0.25) is 4.90 Å². The monoisotopic (exact) mass is 327 g/mol. The lowest BCUT2D eigenvalue weighted by Gasteiger charge is -2.26. The largest absolute Gasteiger partial charge is 0.379 e. The van der Waals surface area contributed by atoms with Gasteiger partial charge in [0.1, 0.15) is 0 Å². The Morgan fingerprint density at radius 1 is 0.913 bits per heavy atom. The van der Waals surface area contributed by atoms with Gasteiger partial charge in [-0.1, -0.05) is 30.3 Å². The van der Waals surface area contributed by atoms with Crippen LogP contribution in [0.5, 0.6) is 0 Å². The quantitative estimate of drug-likeness (QED) is 0.843. The molecule has 120 valence electrons. The van der Waals surface area contributed by atoms with E-state index in [2.05, 4.69) is 39.8 Å². The van der Waals surface area contributed by atoms with Crippen LogP contribution in [-0.4, -0.2) is 36.3 Å². The fourth-order valence-corrected chi connectivity index (χ4v) is 2.76. The van der Waals surface area contributed by atoms with Gasteiger partial charge in [-0.15, -0.1) is 0 Å². The van der Waals surface area contributed by atoms with Crippen LogP contribution in [0.15, 0.2) is 54.6 Å². The lowest BCUT2D eigenvalue weighted by atomic mass is 10.2. The molecular formula is C18H21N3OS. The Balaban J connectivity index is 1.51. The number of nitrogens with one attached hydrogen (secondary N) is 2. The van der Waals surface area contributed by atoms with Crippen molar-refractivity contribution in [1.82, 2.24) is 4.90 Å². The second-order valence-corrected chi connectivity index (χ2v) is 5.94. The lowest BCUT2D eigenvalue weighted by Crippen LogP contribution is -2.35. The molecule has 2 N–H and O–H groups in total. The van der Waals surface area contributed by atoms with Crippen LogP contribution < -0.4 is 10.6 Å². The molecule has 5 heteroatoms. The SMILES string of the molecule is S=C(Nc1ccccc1)Nc1ccc(CN2CCOCC2)cc1. The zero-order valence-electron chi connectivity index (χ0n) is 13.0. The van der Waals surface area contributed by atoms with Gasteiger partial charge in [-0.25, -0.2) is 0 Å². The Labute approximate surface area is 142 Å². The molecule has 23 heavy (non-hydrogen) atoms. The molecule has 0 bridgehead atoms. The van der Waals surface area contributed by atoms with Crippen LogP contribution in [0.2, 0.25) is 0 Å². The summed E-state index contributed by atoms with van der Waals surface area (Å²) in [6, 6.07) is 18.3. The first-order valence-electron chi connectivity index (χ1n) is 7.82. The first-order chi connectivity index (χ1) is 11.3. The third kappa shape index (κ3) is 5.03. The lowest BCUT2D eigenvalue weighted by molar-refractivity contribution is 0.0342. The van der Waals surface area contributed by atoms with E-state index >= 15 is 0 Å². The van der Waals surface area contributed by atoms with Crippen molar-refractivity contribution < 1.29 is 4.74 Å². The van der Waals surface area contributed by atoms with Crippen molar-refractivity contribution in [3.63, 3.8) is 0 Å². The number of ether oxygens (including phenoxy) is 1. The van der Waals surface area contributed by atoms with Crippen molar-refractivity contribution in [2.24, 2.45) is 0 Å². The molecule has 1 saturated heterocycles. The normalized spacial score (nSPS) is 15.1. The number of thiocarbonyl (C=S) groups is 1. The first kappa shape index (κ1) is 15.9. The minimum atomic E-state index is 0.595. The van der Waals surface area contributed by atoms with Gasteiger partial charge in [0.05, 0.1) is 13.2 Å². The average molecular weight is 327 g/mol. The highest BCUT2D eigenvalue weighted by molar-refractivity contribution is 7.80. The van der Waals surface area contributed by atoms with Crippen LogP contribution in [0.4, 0.5) is 11.4 Å². The number of hydrogen-bond donors (Lipinski definition) is 2. The molecule has 0 saturated carbocycles. The van der Waals surface area contributed by atoms with E-state index in [9.17, 15) is 0 Å². The number of benzene rings is 2. The fourth-order valence-electron chi connectivity index (χ4n) is 2.53. The van der Waals surface area contributed by atoms with E-state index in [1.807, 2.05) is 30.3 Å². The molecule has 0 atom stereocenters. The van der Waals surface area contributed by atoms with Crippen molar-refractivity contribution in [2.75, 3.05) is 36.9 Å². The van der Waals surface area contributed by atoms with E-state index in [1.54, 1.807) is 0 Å². The number of anilines is 2.